The van der Waals surface area contributed by atoms with Crippen LogP contribution >= 0.6 is 11.8 Å². The summed E-state index contributed by atoms with van der Waals surface area (Å²) in [5, 5.41) is 4.21. The second-order valence-corrected chi connectivity index (χ2v) is 6.09. The fraction of sp³-hybridized carbons (Fsp3) is 0.727. The van der Waals surface area contributed by atoms with E-state index in [2.05, 4.69) is 12.0 Å². The van der Waals surface area contributed by atoms with E-state index in [0.29, 0.717) is 0 Å². The Morgan fingerprint density at radius 1 is 1.69 bits per heavy atom. The molecule has 5 heteroatoms. The number of methoxy groups -OCH3 is 1. The maximum absolute atomic E-state index is 6.39. The molecule has 16 heavy (non-hydrogen) atoms. The van der Waals surface area contributed by atoms with Crippen LogP contribution in [0.4, 0.5) is 0 Å². The van der Waals surface area contributed by atoms with Crippen LogP contribution in [0.15, 0.2) is 6.20 Å². The summed E-state index contributed by atoms with van der Waals surface area (Å²) in [5.41, 5.74) is 7.39. The first kappa shape index (κ1) is 11.8. The molecule has 90 valence electrons. The van der Waals surface area contributed by atoms with Gasteiger partial charge in [0.2, 0.25) is 0 Å². The molecule has 1 aromatic heterocycles. The van der Waals surface area contributed by atoms with Crippen LogP contribution in [0.3, 0.4) is 0 Å². The zero-order valence-electron chi connectivity index (χ0n) is 10.1. The third kappa shape index (κ3) is 1.82. The summed E-state index contributed by atoms with van der Waals surface area (Å²) in [6.45, 7) is 2.24. The number of aryl methyl sites for hydroxylation is 1. The molecule has 0 bridgehead atoms. The van der Waals surface area contributed by atoms with Crippen molar-refractivity contribution in [1.29, 1.82) is 0 Å². The maximum Gasteiger partial charge on any atom is 0.161 e. The lowest BCUT2D eigenvalue weighted by molar-refractivity contribution is 0.390. The normalized spacial score (nSPS) is 27.0. The average Bonchev–Trinajstić information content (AvgIpc) is 2.85. The van der Waals surface area contributed by atoms with E-state index < -0.39 is 0 Å². The van der Waals surface area contributed by atoms with Crippen molar-refractivity contribution in [2.24, 2.45) is 12.8 Å². The van der Waals surface area contributed by atoms with Gasteiger partial charge in [0, 0.05) is 11.8 Å². The first-order valence-electron chi connectivity index (χ1n) is 5.54. The summed E-state index contributed by atoms with van der Waals surface area (Å²) in [7, 11) is 3.58. The zero-order chi connectivity index (χ0) is 11.8. The van der Waals surface area contributed by atoms with Crippen molar-refractivity contribution >= 4 is 11.8 Å². The van der Waals surface area contributed by atoms with Crippen LogP contribution in [0.5, 0.6) is 5.75 Å². The zero-order valence-corrected chi connectivity index (χ0v) is 10.9. The van der Waals surface area contributed by atoms with Gasteiger partial charge in [-0.25, -0.2) is 0 Å². The van der Waals surface area contributed by atoms with Crippen LogP contribution in [0.25, 0.3) is 0 Å². The van der Waals surface area contributed by atoms with E-state index in [-0.39, 0.29) is 10.8 Å². The summed E-state index contributed by atoms with van der Waals surface area (Å²) in [6.07, 6.45) is 4.14. The number of ether oxygens (including phenoxy) is 1. The van der Waals surface area contributed by atoms with Gasteiger partial charge in [-0.15, -0.1) is 0 Å². The summed E-state index contributed by atoms with van der Waals surface area (Å²) < 4.78 is 7.26. The Labute approximate surface area is 101 Å². The lowest BCUT2D eigenvalue weighted by Gasteiger charge is -2.30. The van der Waals surface area contributed by atoms with Crippen molar-refractivity contribution in [3.05, 3.63) is 11.9 Å². The highest BCUT2D eigenvalue weighted by atomic mass is 32.2. The SMILES string of the molecule is COc1cnn(C)c1C(N)C1(C)CCCS1. The van der Waals surface area contributed by atoms with Gasteiger partial charge in [0.25, 0.3) is 0 Å². The number of aromatic nitrogens is 2. The van der Waals surface area contributed by atoms with Crippen molar-refractivity contribution in [2.75, 3.05) is 12.9 Å². The van der Waals surface area contributed by atoms with Crippen molar-refractivity contribution < 1.29 is 4.74 Å². The molecule has 2 N–H and O–H groups in total. The van der Waals surface area contributed by atoms with Gasteiger partial charge in [-0.3, -0.25) is 4.68 Å². The summed E-state index contributed by atoms with van der Waals surface area (Å²) >= 11 is 1.96. The molecule has 1 aliphatic rings. The van der Waals surface area contributed by atoms with E-state index in [0.717, 1.165) is 17.9 Å². The van der Waals surface area contributed by atoms with E-state index in [1.54, 1.807) is 13.3 Å². The molecule has 1 aromatic rings. The molecule has 0 aliphatic carbocycles. The molecule has 2 rings (SSSR count). The molecule has 2 unspecified atom stereocenters. The van der Waals surface area contributed by atoms with Crippen LogP contribution in [0.1, 0.15) is 31.5 Å². The van der Waals surface area contributed by atoms with Gasteiger partial charge in [-0.2, -0.15) is 16.9 Å². The van der Waals surface area contributed by atoms with Gasteiger partial charge < -0.3 is 10.5 Å². The van der Waals surface area contributed by atoms with E-state index in [4.69, 9.17) is 10.5 Å². The molecule has 1 saturated heterocycles. The maximum atomic E-state index is 6.39. The third-order valence-corrected chi connectivity index (χ3v) is 4.98. The molecule has 0 aromatic carbocycles. The van der Waals surface area contributed by atoms with E-state index >= 15 is 0 Å². The van der Waals surface area contributed by atoms with Crippen LogP contribution in [-0.2, 0) is 7.05 Å². The first-order chi connectivity index (χ1) is 7.58. The van der Waals surface area contributed by atoms with Crippen molar-refractivity contribution in [3.8, 4) is 5.75 Å². The Balaban J connectivity index is 2.32. The Bertz CT molecular complexity index is 371. The van der Waals surface area contributed by atoms with E-state index in [1.807, 2.05) is 23.5 Å². The van der Waals surface area contributed by atoms with Crippen molar-refractivity contribution in [2.45, 2.75) is 30.6 Å². The van der Waals surface area contributed by atoms with Crippen LogP contribution < -0.4 is 10.5 Å². The Morgan fingerprint density at radius 2 is 2.44 bits per heavy atom. The Morgan fingerprint density at radius 3 is 3.00 bits per heavy atom. The summed E-state index contributed by atoms with van der Waals surface area (Å²) in [5.74, 6) is 1.99. The predicted octanol–water partition coefficient (Wildman–Crippen LogP) is 1.71. The minimum atomic E-state index is -0.0255. The number of rotatable bonds is 3. The molecule has 2 atom stereocenters. The molecule has 1 fully saturated rings. The van der Waals surface area contributed by atoms with Crippen LogP contribution in [0.2, 0.25) is 0 Å². The van der Waals surface area contributed by atoms with E-state index in [9.17, 15) is 0 Å². The van der Waals surface area contributed by atoms with Gasteiger partial charge >= 0.3 is 0 Å². The summed E-state index contributed by atoms with van der Waals surface area (Å²) in [6, 6.07) is -0.0255. The second-order valence-electron chi connectivity index (χ2n) is 4.46. The highest BCUT2D eigenvalue weighted by molar-refractivity contribution is 8.00. The molecule has 0 amide bonds. The topological polar surface area (TPSA) is 53.1 Å². The molecular formula is C11H19N3OS. The van der Waals surface area contributed by atoms with Crippen molar-refractivity contribution in [3.63, 3.8) is 0 Å². The van der Waals surface area contributed by atoms with E-state index in [1.165, 1.54) is 12.2 Å². The quantitative estimate of drug-likeness (QED) is 0.875. The molecule has 4 nitrogen and oxygen atoms in total. The Kier molecular flexibility index (Phi) is 3.17. The molecule has 0 radical (unpaired) electrons. The monoisotopic (exact) mass is 241 g/mol. The van der Waals surface area contributed by atoms with Crippen LogP contribution in [0, 0.1) is 0 Å². The fourth-order valence-electron chi connectivity index (χ4n) is 2.27. The fourth-order valence-corrected chi connectivity index (χ4v) is 3.61. The standard InChI is InChI=1S/C11H19N3OS/c1-11(5-4-6-16-11)10(12)9-8(15-3)7-13-14(9)2/h7,10H,4-6,12H2,1-3H3. The molecule has 1 aliphatic heterocycles. The smallest absolute Gasteiger partial charge is 0.161 e. The third-order valence-electron chi connectivity index (χ3n) is 3.37. The van der Waals surface area contributed by atoms with Gasteiger partial charge in [-0.05, 0) is 25.5 Å². The largest absolute Gasteiger partial charge is 0.493 e. The lowest BCUT2D eigenvalue weighted by Crippen LogP contribution is -2.34. The number of nitrogens with two attached hydrogens (primary N) is 1. The number of hydrogen-bond donors (Lipinski definition) is 1. The molecule has 2 heterocycles. The second kappa shape index (κ2) is 4.30. The highest BCUT2D eigenvalue weighted by Crippen LogP contribution is 2.46. The minimum Gasteiger partial charge on any atom is -0.493 e. The molecule has 0 saturated carbocycles. The number of thioether (sulfide) groups is 1. The average molecular weight is 241 g/mol. The van der Waals surface area contributed by atoms with Gasteiger partial charge in [0.05, 0.1) is 25.0 Å². The molecular weight excluding hydrogens is 222 g/mol. The first-order valence-corrected chi connectivity index (χ1v) is 6.52. The van der Waals surface area contributed by atoms with Crippen molar-refractivity contribution in [1.82, 2.24) is 9.78 Å². The Hall–Kier alpha value is -0.680. The lowest BCUT2D eigenvalue weighted by atomic mass is 9.94. The molecule has 0 spiro atoms. The highest BCUT2D eigenvalue weighted by Gasteiger charge is 2.39. The minimum absolute atomic E-state index is 0.0255. The van der Waals surface area contributed by atoms with Gasteiger partial charge in [0.1, 0.15) is 0 Å². The summed E-state index contributed by atoms with van der Waals surface area (Å²) in [4.78, 5) is 0. The van der Waals surface area contributed by atoms with Crippen LogP contribution in [-0.4, -0.2) is 27.4 Å². The van der Waals surface area contributed by atoms with Gasteiger partial charge in [0.15, 0.2) is 5.75 Å². The number of nitrogens with zero attached hydrogens (tertiary/aromatic N) is 2. The van der Waals surface area contributed by atoms with Gasteiger partial charge in [-0.1, -0.05) is 0 Å². The number of hydrogen-bond acceptors (Lipinski definition) is 4. The predicted molar refractivity (Wildman–Crippen MR) is 66.8 cm³/mol.